The smallest absolute Gasteiger partial charge is 0.462 e. The number of phosphoric acid groups is 2. The van der Waals surface area contributed by atoms with E-state index in [1.54, 1.807) is 0 Å². The average Bonchev–Trinajstić information content (AvgIpc) is 3.66. The summed E-state index contributed by atoms with van der Waals surface area (Å²) in [6.45, 7) is 14.0. The Labute approximate surface area is 524 Å². The molecule has 17 nitrogen and oxygen atoms in total. The van der Waals surface area contributed by atoms with Crippen molar-refractivity contribution in [3.8, 4) is 0 Å². The Morgan fingerprint density at radius 1 is 0.326 bits per heavy atom. The summed E-state index contributed by atoms with van der Waals surface area (Å²) >= 11 is 0. The van der Waals surface area contributed by atoms with Gasteiger partial charge in [-0.15, -0.1) is 0 Å². The Bertz CT molecular complexity index is 1720. The fourth-order valence-corrected chi connectivity index (χ4v) is 11.5. The molecule has 0 saturated carbocycles. The highest BCUT2D eigenvalue weighted by Gasteiger charge is 2.30. The first-order valence-corrected chi connectivity index (χ1v) is 37.7. The number of ether oxygens (including phenoxy) is 4. The lowest BCUT2D eigenvalue weighted by Gasteiger charge is -2.21. The number of carbonyl (C=O) groups excluding carboxylic acids is 4. The number of unbranched alkanes of at least 4 members (excludes halogenated alkanes) is 29. The topological polar surface area (TPSA) is 237 Å². The zero-order valence-corrected chi connectivity index (χ0v) is 57.7. The van der Waals surface area contributed by atoms with E-state index < -0.39 is 97.5 Å². The summed E-state index contributed by atoms with van der Waals surface area (Å²) in [4.78, 5) is 72.3. The minimum atomic E-state index is -4.95. The molecule has 0 heterocycles. The van der Waals surface area contributed by atoms with Gasteiger partial charge in [-0.2, -0.15) is 0 Å². The molecule has 3 unspecified atom stereocenters. The third kappa shape index (κ3) is 59.7. The van der Waals surface area contributed by atoms with Crippen molar-refractivity contribution in [3.05, 3.63) is 0 Å². The van der Waals surface area contributed by atoms with Crippen molar-refractivity contribution >= 4 is 39.5 Å². The zero-order chi connectivity index (χ0) is 63.9. The summed E-state index contributed by atoms with van der Waals surface area (Å²) in [7, 11) is -9.90. The number of hydrogen-bond donors (Lipinski definition) is 3. The third-order valence-corrected chi connectivity index (χ3v) is 17.6. The largest absolute Gasteiger partial charge is 0.472 e. The highest BCUT2D eigenvalue weighted by molar-refractivity contribution is 7.47. The minimum absolute atomic E-state index is 0.103. The van der Waals surface area contributed by atoms with E-state index in [1.165, 1.54) is 116 Å². The standard InChI is InChI=1S/C67H130O17P2/c1-9-60(8)46-38-30-21-16-17-23-34-42-50-67(72)84-63(54-78-65(70)48-40-32-26-25-29-37-45-59(6)7)56-82-86(75,76)80-52-61(68)51-79-85(73,74)81-55-62(53-77-64(69)47-39-31-24-18-20-28-36-44-58(4)5)83-66(71)49-41-33-22-15-13-11-10-12-14-19-27-35-43-57(2)3/h57-63,68H,9-56H2,1-8H3,(H,73,74)(H,75,76)/t60?,61-,62-,63-/m1/s1. The molecule has 0 aromatic heterocycles. The van der Waals surface area contributed by atoms with Crippen LogP contribution in [0.4, 0.5) is 0 Å². The van der Waals surface area contributed by atoms with Gasteiger partial charge in [-0.1, -0.05) is 274 Å². The van der Waals surface area contributed by atoms with Crippen LogP contribution in [0.25, 0.3) is 0 Å². The molecule has 0 amide bonds. The van der Waals surface area contributed by atoms with E-state index in [1.807, 2.05) is 0 Å². The molecule has 0 fully saturated rings. The van der Waals surface area contributed by atoms with Crippen LogP contribution in [-0.2, 0) is 65.4 Å². The lowest BCUT2D eigenvalue weighted by Crippen LogP contribution is -2.30. The van der Waals surface area contributed by atoms with Gasteiger partial charge in [-0.25, -0.2) is 9.13 Å². The fourth-order valence-electron chi connectivity index (χ4n) is 9.93. The Kier molecular flexibility index (Phi) is 55.7. The summed E-state index contributed by atoms with van der Waals surface area (Å²) in [5, 5.41) is 10.6. The maximum atomic E-state index is 13.0. The van der Waals surface area contributed by atoms with Crippen LogP contribution in [0, 0.1) is 23.7 Å². The number of esters is 4. The zero-order valence-electron chi connectivity index (χ0n) is 55.9. The van der Waals surface area contributed by atoms with Crippen molar-refractivity contribution in [1.29, 1.82) is 0 Å². The molecule has 0 rings (SSSR count). The lowest BCUT2D eigenvalue weighted by atomic mass is 9.99. The maximum Gasteiger partial charge on any atom is 0.472 e. The third-order valence-electron chi connectivity index (χ3n) is 15.7. The van der Waals surface area contributed by atoms with Gasteiger partial charge < -0.3 is 33.8 Å². The van der Waals surface area contributed by atoms with Crippen molar-refractivity contribution in [3.63, 3.8) is 0 Å². The monoisotopic (exact) mass is 1270 g/mol. The number of aliphatic hydroxyl groups excluding tert-OH is 1. The summed E-state index contributed by atoms with van der Waals surface area (Å²) in [6, 6.07) is 0. The van der Waals surface area contributed by atoms with Crippen LogP contribution < -0.4 is 0 Å². The fraction of sp³-hybridized carbons (Fsp3) is 0.940. The molecule has 0 spiro atoms. The number of hydrogen-bond acceptors (Lipinski definition) is 15. The average molecular weight is 1270 g/mol. The molecule has 0 aromatic carbocycles. The number of phosphoric ester groups is 2. The first-order chi connectivity index (χ1) is 41.1. The van der Waals surface area contributed by atoms with E-state index in [9.17, 15) is 43.2 Å². The summed E-state index contributed by atoms with van der Waals surface area (Å²) in [6.07, 6.45) is 37.7. The normalized spacial score (nSPS) is 14.7. The van der Waals surface area contributed by atoms with E-state index in [-0.39, 0.29) is 25.7 Å². The molecule has 6 atom stereocenters. The SMILES string of the molecule is CCC(C)CCCCCCCCCCC(=O)O[C@H](COC(=O)CCCCCCCCC(C)C)COP(=O)(O)OC[C@H](O)COP(=O)(O)OC[C@@H](COC(=O)CCCCCCCCCC(C)C)OC(=O)CCCCCCCCCCCCCCC(C)C. The quantitative estimate of drug-likeness (QED) is 0.0222. The molecule has 0 aliphatic carbocycles. The van der Waals surface area contributed by atoms with E-state index in [4.69, 9.17) is 37.0 Å². The van der Waals surface area contributed by atoms with Gasteiger partial charge in [0.1, 0.15) is 19.3 Å². The van der Waals surface area contributed by atoms with Crippen LogP contribution in [0.2, 0.25) is 0 Å². The highest BCUT2D eigenvalue weighted by Crippen LogP contribution is 2.45. The van der Waals surface area contributed by atoms with Crippen molar-refractivity contribution < 1.29 is 80.2 Å². The minimum Gasteiger partial charge on any atom is -0.462 e. The van der Waals surface area contributed by atoms with Crippen LogP contribution in [0.3, 0.4) is 0 Å². The van der Waals surface area contributed by atoms with Gasteiger partial charge in [0.15, 0.2) is 12.2 Å². The molecule has 0 saturated heterocycles. The Morgan fingerprint density at radius 3 is 0.826 bits per heavy atom. The van der Waals surface area contributed by atoms with E-state index in [0.29, 0.717) is 37.5 Å². The molecule has 0 bridgehead atoms. The van der Waals surface area contributed by atoms with Crippen molar-refractivity contribution in [2.45, 2.75) is 343 Å². The second-order valence-electron chi connectivity index (χ2n) is 25.9. The van der Waals surface area contributed by atoms with Crippen LogP contribution in [0.5, 0.6) is 0 Å². The summed E-state index contributed by atoms with van der Waals surface area (Å²) in [5.41, 5.74) is 0. The van der Waals surface area contributed by atoms with Gasteiger partial charge in [0.25, 0.3) is 0 Å². The van der Waals surface area contributed by atoms with Gasteiger partial charge in [0.2, 0.25) is 0 Å². The highest BCUT2D eigenvalue weighted by atomic mass is 31.2. The van der Waals surface area contributed by atoms with E-state index in [2.05, 4.69) is 55.4 Å². The molecule has 0 aliphatic rings. The van der Waals surface area contributed by atoms with Gasteiger partial charge in [-0.3, -0.25) is 37.3 Å². The molecule has 3 N–H and O–H groups in total. The van der Waals surface area contributed by atoms with Crippen LogP contribution in [0.1, 0.15) is 325 Å². The van der Waals surface area contributed by atoms with Gasteiger partial charge >= 0.3 is 39.5 Å². The van der Waals surface area contributed by atoms with Gasteiger partial charge in [0.05, 0.1) is 26.4 Å². The van der Waals surface area contributed by atoms with Crippen molar-refractivity contribution in [1.82, 2.24) is 0 Å². The number of carbonyl (C=O) groups is 4. The number of rotatable bonds is 64. The van der Waals surface area contributed by atoms with E-state index in [0.717, 1.165) is 115 Å². The second-order valence-corrected chi connectivity index (χ2v) is 28.8. The lowest BCUT2D eigenvalue weighted by molar-refractivity contribution is -0.161. The van der Waals surface area contributed by atoms with Crippen molar-refractivity contribution in [2.24, 2.45) is 23.7 Å². The molecule has 510 valence electrons. The maximum absolute atomic E-state index is 13.0. The van der Waals surface area contributed by atoms with Crippen LogP contribution in [-0.4, -0.2) is 96.7 Å². The van der Waals surface area contributed by atoms with Gasteiger partial charge in [-0.05, 0) is 49.4 Å². The first kappa shape index (κ1) is 84.1. The van der Waals surface area contributed by atoms with Crippen molar-refractivity contribution in [2.75, 3.05) is 39.6 Å². The Morgan fingerprint density at radius 2 is 0.558 bits per heavy atom. The molecular weight excluding hydrogens is 1140 g/mol. The van der Waals surface area contributed by atoms with Crippen LogP contribution in [0.15, 0.2) is 0 Å². The molecule has 19 heteroatoms. The molecular formula is C67H130O17P2. The molecule has 86 heavy (non-hydrogen) atoms. The summed E-state index contributed by atoms with van der Waals surface area (Å²) < 4.78 is 68.1. The summed E-state index contributed by atoms with van der Waals surface area (Å²) in [5.74, 6) is 0.793. The molecule has 0 aromatic rings. The number of aliphatic hydroxyl groups is 1. The van der Waals surface area contributed by atoms with Gasteiger partial charge in [0, 0.05) is 25.7 Å². The Hall–Kier alpha value is -1.94. The first-order valence-electron chi connectivity index (χ1n) is 34.7. The second kappa shape index (κ2) is 57.0. The predicted molar refractivity (Wildman–Crippen MR) is 344 cm³/mol. The van der Waals surface area contributed by atoms with Crippen LogP contribution >= 0.6 is 15.6 Å². The van der Waals surface area contributed by atoms with E-state index >= 15 is 0 Å². The Balaban J connectivity index is 5.25. The predicted octanol–water partition coefficient (Wildman–Crippen LogP) is 18.5. The molecule has 0 aliphatic heterocycles. The molecule has 0 radical (unpaired) electrons.